The molecule has 36 heavy (non-hydrogen) atoms. The molecule has 0 bridgehead atoms. The third kappa shape index (κ3) is 3.90. The third-order valence-corrected chi connectivity index (χ3v) is 6.71. The lowest BCUT2D eigenvalue weighted by molar-refractivity contribution is 0.0273. The van der Waals surface area contributed by atoms with Crippen molar-refractivity contribution in [3.05, 3.63) is 71.8 Å². The van der Waals surface area contributed by atoms with E-state index < -0.39 is 11.6 Å². The highest BCUT2D eigenvalue weighted by atomic mass is 19.1. The fraction of sp³-hybridized carbons (Fsp3) is 0.259. The molecule has 3 heterocycles. The van der Waals surface area contributed by atoms with Crippen LogP contribution in [0.2, 0.25) is 0 Å². The molecule has 184 valence electrons. The van der Waals surface area contributed by atoms with Crippen molar-refractivity contribution >= 4 is 16.9 Å². The van der Waals surface area contributed by atoms with Crippen LogP contribution < -0.4 is 10.1 Å². The molecule has 3 atom stereocenters. The number of hydrogen-bond acceptors (Lipinski definition) is 5. The SMILES string of the molecule is CNC(=O)c1ccc(-c2ccc(-c3c(F)cc4[nH]c(O[C@@H]5COC6CCOC65)nc4c3F)cc2)cc1. The van der Waals surface area contributed by atoms with Gasteiger partial charge in [0.1, 0.15) is 17.4 Å². The van der Waals surface area contributed by atoms with Gasteiger partial charge in [-0.2, -0.15) is 4.98 Å². The van der Waals surface area contributed by atoms with Crippen LogP contribution in [-0.2, 0) is 9.47 Å². The van der Waals surface area contributed by atoms with E-state index in [1.807, 2.05) is 12.1 Å². The summed E-state index contributed by atoms with van der Waals surface area (Å²) in [6.07, 6.45) is 0.266. The lowest BCUT2D eigenvalue weighted by Crippen LogP contribution is -2.32. The van der Waals surface area contributed by atoms with E-state index in [2.05, 4.69) is 15.3 Å². The largest absolute Gasteiger partial charge is 0.456 e. The molecule has 2 N–H and O–H groups in total. The van der Waals surface area contributed by atoms with E-state index in [9.17, 15) is 4.79 Å². The Morgan fingerprint density at radius 3 is 2.47 bits per heavy atom. The smallest absolute Gasteiger partial charge is 0.295 e. The van der Waals surface area contributed by atoms with Crippen LogP contribution in [0.3, 0.4) is 0 Å². The Hall–Kier alpha value is -3.82. The first-order valence-corrected chi connectivity index (χ1v) is 11.7. The van der Waals surface area contributed by atoms with E-state index in [0.29, 0.717) is 24.3 Å². The molecular formula is C27H23F2N3O4. The first-order valence-electron chi connectivity index (χ1n) is 11.7. The van der Waals surface area contributed by atoms with Gasteiger partial charge in [0.15, 0.2) is 11.9 Å². The molecule has 2 aliphatic heterocycles. The fourth-order valence-electron chi connectivity index (χ4n) is 4.84. The minimum Gasteiger partial charge on any atom is -0.456 e. The summed E-state index contributed by atoms with van der Waals surface area (Å²) in [4.78, 5) is 18.8. The number of rotatable bonds is 5. The molecular weight excluding hydrogens is 468 g/mol. The van der Waals surface area contributed by atoms with E-state index in [-0.39, 0.29) is 46.8 Å². The minimum absolute atomic E-state index is 0.00179. The number of nitrogens with one attached hydrogen (secondary N) is 2. The van der Waals surface area contributed by atoms with Gasteiger partial charge in [-0.15, -0.1) is 0 Å². The van der Waals surface area contributed by atoms with Gasteiger partial charge in [0, 0.05) is 25.3 Å². The number of imidazole rings is 1. The van der Waals surface area contributed by atoms with Gasteiger partial charge < -0.3 is 24.5 Å². The fourth-order valence-corrected chi connectivity index (χ4v) is 4.84. The van der Waals surface area contributed by atoms with E-state index in [1.165, 1.54) is 6.07 Å². The van der Waals surface area contributed by atoms with Gasteiger partial charge in [0.05, 0.1) is 23.8 Å². The highest BCUT2D eigenvalue weighted by Crippen LogP contribution is 2.34. The van der Waals surface area contributed by atoms with Crippen molar-refractivity contribution in [2.75, 3.05) is 20.3 Å². The Kier molecular flexibility index (Phi) is 5.66. The van der Waals surface area contributed by atoms with Crippen molar-refractivity contribution in [2.45, 2.75) is 24.7 Å². The summed E-state index contributed by atoms with van der Waals surface area (Å²) in [5.41, 5.74) is 2.71. The summed E-state index contributed by atoms with van der Waals surface area (Å²) in [7, 11) is 1.57. The molecule has 0 aliphatic carbocycles. The normalized spacial score (nSPS) is 21.0. The average Bonchev–Trinajstić information content (AvgIpc) is 3.62. The number of benzene rings is 3. The van der Waals surface area contributed by atoms with Gasteiger partial charge in [-0.25, -0.2) is 8.78 Å². The van der Waals surface area contributed by atoms with Crippen molar-refractivity contribution in [2.24, 2.45) is 0 Å². The van der Waals surface area contributed by atoms with E-state index in [1.54, 1.807) is 43.4 Å². The number of aromatic nitrogens is 2. The number of nitrogens with zero attached hydrogens (tertiary/aromatic N) is 1. The lowest BCUT2D eigenvalue weighted by atomic mass is 9.98. The zero-order valence-corrected chi connectivity index (χ0v) is 19.4. The molecule has 2 aliphatic rings. The lowest BCUT2D eigenvalue weighted by Gasteiger charge is -2.15. The molecule has 7 nitrogen and oxygen atoms in total. The maximum atomic E-state index is 15.5. The van der Waals surface area contributed by atoms with Crippen LogP contribution in [0.1, 0.15) is 16.8 Å². The van der Waals surface area contributed by atoms with Gasteiger partial charge in [0.2, 0.25) is 0 Å². The van der Waals surface area contributed by atoms with E-state index in [0.717, 1.165) is 17.5 Å². The summed E-state index contributed by atoms with van der Waals surface area (Å²) in [5, 5.41) is 2.58. The number of halogens is 2. The van der Waals surface area contributed by atoms with Crippen LogP contribution in [0.15, 0.2) is 54.6 Å². The zero-order chi connectivity index (χ0) is 24.8. The van der Waals surface area contributed by atoms with Crippen molar-refractivity contribution in [3.63, 3.8) is 0 Å². The van der Waals surface area contributed by atoms with Crippen molar-refractivity contribution in [3.8, 4) is 28.3 Å². The molecule has 0 spiro atoms. The zero-order valence-electron chi connectivity index (χ0n) is 19.4. The summed E-state index contributed by atoms with van der Waals surface area (Å²) in [6, 6.07) is 15.3. The predicted molar refractivity (Wildman–Crippen MR) is 129 cm³/mol. The van der Waals surface area contributed by atoms with Crippen LogP contribution in [0.5, 0.6) is 6.01 Å². The number of fused-ring (bicyclic) bond motifs is 2. The first kappa shape index (κ1) is 22.6. The number of carbonyl (C=O) groups excluding carboxylic acids is 1. The van der Waals surface area contributed by atoms with Crippen LogP contribution in [0, 0.1) is 11.6 Å². The van der Waals surface area contributed by atoms with Crippen LogP contribution in [-0.4, -0.2) is 54.4 Å². The Morgan fingerprint density at radius 1 is 1.06 bits per heavy atom. The molecule has 0 saturated carbocycles. The molecule has 1 amide bonds. The van der Waals surface area contributed by atoms with Crippen LogP contribution in [0.4, 0.5) is 8.78 Å². The number of ether oxygens (including phenoxy) is 3. The van der Waals surface area contributed by atoms with Gasteiger partial charge in [0.25, 0.3) is 11.9 Å². The second-order valence-electron chi connectivity index (χ2n) is 8.87. The topological polar surface area (TPSA) is 85.5 Å². The van der Waals surface area contributed by atoms with E-state index in [4.69, 9.17) is 14.2 Å². The Morgan fingerprint density at radius 2 is 1.75 bits per heavy atom. The molecule has 9 heteroatoms. The highest BCUT2D eigenvalue weighted by molar-refractivity contribution is 5.94. The number of carbonyl (C=O) groups is 1. The first-order chi connectivity index (χ1) is 17.5. The molecule has 1 aromatic heterocycles. The van der Waals surface area contributed by atoms with Gasteiger partial charge in [-0.3, -0.25) is 4.79 Å². The number of hydrogen-bond donors (Lipinski definition) is 2. The second-order valence-corrected chi connectivity index (χ2v) is 8.87. The van der Waals surface area contributed by atoms with Crippen LogP contribution in [0.25, 0.3) is 33.3 Å². The molecule has 2 saturated heterocycles. The summed E-state index contributed by atoms with van der Waals surface area (Å²) in [6.45, 7) is 0.966. The molecule has 4 aromatic rings. The summed E-state index contributed by atoms with van der Waals surface area (Å²) >= 11 is 0. The molecule has 2 fully saturated rings. The second kappa shape index (κ2) is 9.00. The third-order valence-electron chi connectivity index (χ3n) is 6.71. The maximum Gasteiger partial charge on any atom is 0.295 e. The average molecular weight is 491 g/mol. The quantitative estimate of drug-likeness (QED) is 0.430. The number of aromatic amines is 1. The van der Waals surface area contributed by atoms with Gasteiger partial charge >= 0.3 is 0 Å². The Bertz CT molecular complexity index is 1440. The predicted octanol–water partition coefficient (Wildman–Crippen LogP) is 4.47. The molecule has 6 rings (SSSR count). The van der Waals surface area contributed by atoms with Gasteiger partial charge in [-0.1, -0.05) is 36.4 Å². The van der Waals surface area contributed by atoms with Crippen LogP contribution >= 0.6 is 0 Å². The van der Waals surface area contributed by atoms with E-state index >= 15 is 8.78 Å². The van der Waals surface area contributed by atoms with Crippen molar-refractivity contribution in [1.82, 2.24) is 15.3 Å². The van der Waals surface area contributed by atoms with Crippen molar-refractivity contribution in [1.29, 1.82) is 0 Å². The van der Waals surface area contributed by atoms with Crippen molar-refractivity contribution < 1.29 is 27.8 Å². The standard InChI is InChI=1S/C27H23F2N3O4/c1-30-26(33)17-8-4-15(5-9-17)14-2-6-16(7-3-14)22-18(28)12-19-24(23(22)29)32-27(31-19)36-21-13-35-20-10-11-34-25(20)21/h2-9,12,20-21,25H,10-11,13H2,1H3,(H,30,33)(H,31,32)/t20?,21-,25?/m1/s1. The molecule has 3 aromatic carbocycles. The number of H-pyrrole nitrogens is 1. The van der Waals surface area contributed by atoms with Gasteiger partial charge in [-0.05, 0) is 35.2 Å². The highest BCUT2D eigenvalue weighted by Gasteiger charge is 2.43. The minimum atomic E-state index is -0.767. The molecule has 2 unspecified atom stereocenters. The summed E-state index contributed by atoms with van der Waals surface area (Å²) < 4.78 is 47.7. The Balaban J connectivity index is 1.27. The summed E-state index contributed by atoms with van der Waals surface area (Å²) in [5.74, 6) is -1.64. The Labute approximate surface area is 205 Å². The monoisotopic (exact) mass is 491 g/mol. The maximum absolute atomic E-state index is 15.5. The molecule has 0 radical (unpaired) electrons. The number of amides is 1.